The van der Waals surface area contributed by atoms with Crippen molar-refractivity contribution in [1.82, 2.24) is 9.13 Å². The third-order valence-electron chi connectivity index (χ3n) is 10.9. The summed E-state index contributed by atoms with van der Waals surface area (Å²) in [5, 5.41) is 35.5. The number of hydrogen-bond acceptors (Lipinski definition) is 2. The molecule has 0 aliphatic heterocycles. The van der Waals surface area contributed by atoms with Crippen molar-refractivity contribution in [2.24, 2.45) is 0 Å². The fraction of sp³-hybridized carbons (Fsp3) is 0. The highest BCUT2D eigenvalue weighted by Gasteiger charge is 2.26. The van der Waals surface area contributed by atoms with Gasteiger partial charge >= 0.3 is 0 Å². The van der Waals surface area contributed by atoms with Crippen molar-refractivity contribution in [2.45, 2.75) is 0 Å². The van der Waals surface area contributed by atoms with Crippen molar-refractivity contribution in [1.29, 1.82) is 10.5 Å². The van der Waals surface area contributed by atoms with Gasteiger partial charge in [-0.3, -0.25) is 0 Å². The first-order chi connectivity index (χ1) is 25.7. The first kappa shape index (κ1) is 28.4. The monoisotopic (exact) mass is 658 g/mol. The van der Waals surface area contributed by atoms with E-state index < -0.39 is 0 Å². The van der Waals surface area contributed by atoms with Gasteiger partial charge in [-0.05, 0) is 91.6 Å². The SMILES string of the molecule is N#Cc1ccc(C#N)c(-n2c3ccc4ccccc4c3c3c4ccccc4ccc32)c1-n1c2ccccc2c2c3cc4ccccc4cc3ccc21. The molecule has 0 saturated carbocycles. The van der Waals surface area contributed by atoms with Crippen LogP contribution in [0.25, 0.3) is 98.1 Å². The molecule has 0 spiro atoms. The Hall–Kier alpha value is -7.40. The number of hydrogen-bond donors (Lipinski definition) is 0. The van der Waals surface area contributed by atoms with Crippen LogP contribution in [-0.2, 0) is 0 Å². The first-order valence-corrected chi connectivity index (χ1v) is 17.4. The molecule has 11 rings (SSSR count). The number of nitriles is 2. The number of rotatable bonds is 2. The minimum atomic E-state index is 0.492. The van der Waals surface area contributed by atoms with Gasteiger partial charge in [-0.25, -0.2) is 0 Å². The lowest BCUT2D eigenvalue weighted by atomic mass is 9.99. The highest BCUT2D eigenvalue weighted by molar-refractivity contribution is 6.29. The summed E-state index contributed by atoms with van der Waals surface area (Å²) < 4.78 is 4.45. The largest absolute Gasteiger partial charge is 0.306 e. The lowest BCUT2D eigenvalue weighted by Crippen LogP contribution is -2.08. The summed E-state index contributed by atoms with van der Waals surface area (Å²) in [7, 11) is 0. The van der Waals surface area contributed by atoms with Crippen molar-refractivity contribution in [3.63, 3.8) is 0 Å². The summed E-state index contributed by atoms with van der Waals surface area (Å²) in [6, 6.07) is 60.1. The Morgan fingerprint density at radius 3 is 1.35 bits per heavy atom. The Bertz CT molecular complexity index is 3340. The number of para-hydroxylation sites is 1. The van der Waals surface area contributed by atoms with E-state index in [1.165, 1.54) is 10.8 Å². The predicted octanol–water partition coefficient (Wildman–Crippen LogP) is 12.2. The Balaban J connectivity index is 1.37. The van der Waals surface area contributed by atoms with Gasteiger partial charge < -0.3 is 9.13 Å². The molecule has 0 amide bonds. The summed E-state index contributed by atoms with van der Waals surface area (Å²) in [6.07, 6.45) is 0. The molecule has 4 heteroatoms. The zero-order valence-corrected chi connectivity index (χ0v) is 27.8. The molecule has 0 unspecified atom stereocenters. The molecule has 0 fully saturated rings. The third kappa shape index (κ3) is 3.73. The molecule has 11 aromatic rings. The van der Waals surface area contributed by atoms with E-state index in [-0.39, 0.29) is 0 Å². The lowest BCUT2D eigenvalue weighted by molar-refractivity contribution is 1.08. The van der Waals surface area contributed by atoms with Gasteiger partial charge in [0.05, 0.1) is 44.6 Å². The highest BCUT2D eigenvalue weighted by Crippen LogP contribution is 2.45. The number of aromatic nitrogens is 2. The third-order valence-corrected chi connectivity index (χ3v) is 10.9. The van der Waals surface area contributed by atoms with E-state index in [4.69, 9.17) is 0 Å². The van der Waals surface area contributed by atoms with Crippen LogP contribution in [0.15, 0.2) is 158 Å². The summed E-state index contributed by atoms with van der Waals surface area (Å²) in [6.45, 7) is 0. The van der Waals surface area contributed by atoms with Gasteiger partial charge in [0.15, 0.2) is 0 Å². The highest BCUT2D eigenvalue weighted by atomic mass is 15.1. The molecule has 52 heavy (non-hydrogen) atoms. The van der Waals surface area contributed by atoms with Crippen LogP contribution in [0.1, 0.15) is 11.1 Å². The quantitative estimate of drug-likeness (QED) is 0.174. The van der Waals surface area contributed by atoms with Crippen LogP contribution in [-0.4, -0.2) is 9.13 Å². The fourth-order valence-electron chi connectivity index (χ4n) is 8.72. The molecule has 2 heterocycles. The summed E-state index contributed by atoms with van der Waals surface area (Å²) in [4.78, 5) is 0. The standard InChI is InChI=1S/C48H26N4/c49-27-34-17-18-35(28-50)48(52-42-22-19-29-9-3-5-13-36(29)45(42)46-37-14-6-4-10-30(37)20-23-43(46)52)47(34)51-40-16-8-7-15-38(40)44-39-26-32-12-2-1-11-31(32)25-33(39)21-24-41(44)51/h1-26H. The van der Waals surface area contributed by atoms with Crippen molar-refractivity contribution in [3.05, 3.63) is 169 Å². The van der Waals surface area contributed by atoms with Gasteiger partial charge in [-0.2, -0.15) is 10.5 Å². The Kier molecular flexibility index (Phi) is 5.77. The molecule has 0 saturated heterocycles. The Labute approximate surface area is 297 Å². The van der Waals surface area contributed by atoms with Crippen LogP contribution in [0.5, 0.6) is 0 Å². The van der Waals surface area contributed by atoms with Crippen LogP contribution in [0.2, 0.25) is 0 Å². The molecule has 0 radical (unpaired) electrons. The van der Waals surface area contributed by atoms with Gasteiger partial charge in [0.25, 0.3) is 0 Å². The lowest BCUT2D eigenvalue weighted by Gasteiger charge is -2.19. The minimum absolute atomic E-state index is 0.492. The molecular weight excluding hydrogens is 633 g/mol. The van der Waals surface area contributed by atoms with Crippen LogP contribution >= 0.6 is 0 Å². The molecule has 9 aromatic carbocycles. The molecule has 0 atom stereocenters. The maximum Gasteiger partial charge on any atom is 0.101 e. The van der Waals surface area contributed by atoms with Crippen LogP contribution in [0.4, 0.5) is 0 Å². The smallest absolute Gasteiger partial charge is 0.101 e. The van der Waals surface area contributed by atoms with Crippen molar-refractivity contribution in [3.8, 4) is 23.5 Å². The molecule has 0 N–H and O–H groups in total. The maximum absolute atomic E-state index is 10.9. The second-order valence-corrected chi connectivity index (χ2v) is 13.5. The normalized spacial score (nSPS) is 11.8. The average molecular weight is 659 g/mol. The number of nitrogens with zero attached hydrogens (tertiary/aromatic N) is 4. The average Bonchev–Trinajstić information content (AvgIpc) is 3.73. The molecule has 2 aromatic heterocycles. The molecule has 0 aliphatic rings. The first-order valence-electron chi connectivity index (χ1n) is 17.4. The maximum atomic E-state index is 10.9. The van der Waals surface area contributed by atoms with E-state index >= 15 is 0 Å². The van der Waals surface area contributed by atoms with Gasteiger partial charge in [0, 0.05) is 21.5 Å². The van der Waals surface area contributed by atoms with Gasteiger partial charge in [-0.15, -0.1) is 0 Å². The van der Waals surface area contributed by atoms with E-state index in [2.05, 4.69) is 161 Å². The van der Waals surface area contributed by atoms with E-state index in [1.54, 1.807) is 12.1 Å². The second kappa shape index (κ2) is 10.6. The van der Waals surface area contributed by atoms with Crippen LogP contribution < -0.4 is 0 Å². The van der Waals surface area contributed by atoms with E-state index in [9.17, 15) is 10.5 Å². The van der Waals surface area contributed by atoms with Crippen molar-refractivity contribution in [2.75, 3.05) is 0 Å². The van der Waals surface area contributed by atoms with Crippen molar-refractivity contribution >= 4 is 86.7 Å². The molecule has 0 aliphatic carbocycles. The molecule has 0 bridgehead atoms. The molecule has 238 valence electrons. The topological polar surface area (TPSA) is 57.4 Å². The molecular formula is C48H26N4. The van der Waals surface area contributed by atoms with Crippen LogP contribution in [0.3, 0.4) is 0 Å². The second-order valence-electron chi connectivity index (χ2n) is 13.5. The Morgan fingerprint density at radius 1 is 0.327 bits per heavy atom. The summed E-state index contributed by atoms with van der Waals surface area (Å²) in [5.74, 6) is 0. The number of fused-ring (bicyclic) bond motifs is 13. The van der Waals surface area contributed by atoms with Gasteiger partial charge in [0.1, 0.15) is 12.1 Å². The number of benzene rings is 9. The Morgan fingerprint density at radius 2 is 0.769 bits per heavy atom. The van der Waals surface area contributed by atoms with E-state index in [1.807, 2.05) is 6.07 Å². The van der Waals surface area contributed by atoms with Gasteiger partial charge in [0.2, 0.25) is 0 Å². The van der Waals surface area contributed by atoms with E-state index in [0.29, 0.717) is 22.5 Å². The summed E-state index contributed by atoms with van der Waals surface area (Å²) >= 11 is 0. The zero-order valence-electron chi connectivity index (χ0n) is 27.8. The summed E-state index contributed by atoms with van der Waals surface area (Å²) in [5.41, 5.74) is 6.28. The predicted molar refractivity (Wildman–Crippen MR) is 215 cm³/mol. The van der Waals surface area contributed by atoms with Gasteiger partial charge in [-0.1, -0.05) is 109 Å². The van der Waals surface area contributed by atoms with E-state index in [0.717, 1.165) is 75.9 Å². The minimum Gasteiger partial charge on any atom is -0.306 e. The van der Waals surface area contributed by atoms with Crippen molar-refractivity contribution < 1.29 is 0 Å². The molecule has 4 nitrogen and oxygen atoms in total. The van der Waals surface area contributed by atoms with Crippen LogP contribution in [0, 0.1) is 22.7 Å². The zero-order chi connectivity index (χ0) is 34.5. The fourth-order valence-corrected chi connectivity index (χ4v) is 8.72.